The lowest BCUT2D eigenvalue weighted by Gasteiger charge is -2.11. The van der Waals surface area contributed by atoms with Crippen LogP contribution in [0.2, 0.25) is 0 Å². The maximum absolute atomic E-state index is 9.73. The van der Waals surface area contributed by atoms with Gasteiger partial charge in [0.1, 0.15) is 5.75 Å². The lowest BCUT2D eigenvalue weighted by Crippen LogP contribution is -2.10. The first-order valence-electron chi connectivity index (χ1n) is 5.17. The van der Waals surface area contributed by atoms with Crippen molar-refractivity contribution < 1.29 is 9.84 Å². The highest BCUT2D eigenvalue weighted by molar-refractivity contribution is 9.10. The van der Waals surface area contributed by atoms with E-state index in [2.05, 4.69) is 22.9 Å². The predicted molar refractivity (Wildman–Crippen MR) is 65.3 cm³/mol. The van der Waals surface area contributed by atoms with Crippen molar-refractivity contribution in [3.05, 3.63) is 28.2 Å². The summed E-state index contributed by atoms with van der Waals surface area (Å²) in [6, 6.07) is 5.82. The molecule has 0 aliphatic rings. The largest absolute Gasteiger partial charge is 0.497 e. The third kappa shape index (κ3) is 3.84. The van der Waals surface area contributed by atoms with E-state index in [0.717, 1.165) is 28.6 Å². The lowest BCUT2D eigenvalue weighted by atomic mass is 10.0. The molecular formula is C12H17BrO2. The number of ether oxygens (including phenoxy) is 1. The lowest BCUT2D eigenvalue weighted by molar-refractivity contribution is 0.163. The van der Waals surface area contributed by atoms with Gasteiger partial charge in [-0.15, -0.1) is 0 Å². The Morgan fingerprint density at radius 3 is 2.80 bits per heavy atom. The Balaban J connectivity index is 2.74. The quantitative estimate of drug-likeness (QED) is 0.893. The molecule has 0 spiro atoms. The minimum Gasteiger partial charge on any atom is -0.497 e. The van der Waals surface area contributed by atoms with Crippen LogP contribution < -0.4 is 4.74 Å². The second kappa shape index (κ2) is 6.13. The molecular weight excluding hydrogens is 256 g/mol. The molecule has 0 fully saturated rings. The van der Waals surface area contributed by atoms with Gasteiger partial charge in [0.25, 0.3) is 0 Å². The molecule has 0 radical (unpaired) electrons. The smallest absolute Gasteiger partial charge is 0.119 e. The second-order valence-electron chi connectivity index (χ2n) is 3.60. The summed E-state index contributed by atoms with van der Waals surface area (Å²) >= 11 is 3.47. The molecule has 1 atom stereocenters. The Labute approximate surface area is 99.4 Å². The SMILES string of the molecule is CCCC(O)Cc1cc(OC)ccc1Br. The maximum Gasteiger partial charge on any atom is 0.119 e. The van der Waals surface area contributed by atoms with Gasteiger partial charge in [-0.25, -0.2) is 0 Å². The van der Waals surface area contributed by atoms with E-state index in [1.807, 2.05) is 18.2 Å². The molecule has 84 valence electrons. The first-order valence-corrected chi connectivity index (χ1v) is 5.97. The van der Waals surface area contributed by atoms with Crippen molar-refractivity contribution in [2.45, 2.75) is 32.3 Å². The predicted octanol–water partition coefficient (Wildman–Crippen LogP) is 3.16. The number of methoxy groups -OCH3 is 1. The average Bonchev–Trinajstić information content (AvgIpc) is 2.21. The zero-order valence-electron chi connectivity index (χ0n) is 9.16. The molecule has 0 aliphatic heterocycles. The first kappa shape index (κ1) is 12.5. The van der Waals surface area contributed by atoms with Crippen LogP contribution in [0.1, 0.15) is 25.3 Å². The Bertz CT molecular complexity index is 312. The molecule has 0 bridgehead atoms. The Morgan fingerprint density at radius 2 is 2.20 bits per heavy atom. The molecule has 1 unspecified atom stereocenters. The summed E-state index contributed by atoms with van der Waals surface area (Å²) in [4.78, 5) is 0. The van der Waals surface area contributed by atoms with E-state index >= 15 is 0 Å². The Kier molecular flexibility index (Phi) is 5.12. The summed E-state index contributed by atoms with van der Waals surface area (Å²) in [6.07, 6.45) is 2.25. The first-order chi connectivity index (χ1) is 7.17. The summed E-state index contributed by atoms with van der Waals surface area (Å²) in [5, 5.41) is 9.73. The highest BCUT2D eigenvalue weighted by Crippen LogP contribution is 2.24. The Morgan fingerprint density at radius 1 is 1.47 bits per heavy atom. The van der Waals surface area contributed by atoms with Crippen LogP contribution in [0.5, 0.6) is 5.75 Å². The summed E-state index contributed by atoms with van der Waals surface area (Å²) in [5.74, 6) is 0.830. The molecule has 0 saturated heterocycles. The van der Waals surface area contributed by atoms with E-state index < -0.39 is 0 Å². The van der Waals surface area contributed by atoms with Crippen molar-refractivity contribution in [1.82, 2.24) is 0 Å². The van der Waals surface area contributed by atoms with E-state index in [1.165, 1.54) is 0 Å². The topological polar surface area (TPSA) is 29.5 Å². The van der Waals surface area contributed by atoms with Crippen molar-refractivity contribution >= 4 is 15.9 Å². The normalized spacial score (nSPS) is 12.5. The summed E-state index contributed by atoms with van der Waals surface area (Å²) in [6.45, 7) is 2.07. The molecule has 1 aromatic rings. The van der Waals surface area contributed by atoms with Gasteiger partial charge in [-0.05, 0) is 36.6 Å². The van der Waals surface area contributed by atoms with Gasteiger partial charge in [-0.3, -0.25) is 0 Å². The number of hydrogen-bond acceptors (Lipinski definition) is 2. The third-order valence-corrected chi connectivity index (χ3v) is 3.10. The zero-order valence-corrected chi connectivity index (χ0v) is 10.8. The van der Waals surface area contributed by atoms with Crippen molar-refractivity contribution in [3.8, 4) is 5.75 Å². The summed E-state index contributed by atoms with van der Waals surface area (Å²) in [7, 11) is 1.65. The van der Waals surface area contributed by atoms with Gasteiger partial charge in [-0.2, -0.15) is 0 Å². The molecule has 1 N–H and O–H groups in total. The highest BCUT2D eigenvalue weighted by Gasteiger charge is 2.08. The molecule has 0 amide bonds. The Hall–Kier alpha value is -0.540. The molecule has 1 aromatic carbocycles. The third-order valence-electron chi connectivity index (χ3n) is 2.33. The van der Waals surface area contributed by atoms with Gasteiger partial charge in [-0.1, -0.05) is 29.3 Å². The van der Waals surface area contributed by atoms with Gasteiger partial charge >= 0.3 is 0 Å². The number of halogens is 1. The number of aliphatic hydroxyl groups is 1. The van der Waals surface area contributed by atoms with Crippen LogP contribution in [0.4, 0.5) is 0 Å². The highest BCUT2D eigenvalue weighted by atomic mass is 79.9. The zero-order chi connectivity index (χ0) is 11.3. The van der Waals surface area contributed by atoms with Crippen LogP contribution in [0, 0.1) is 0 Å². The van der Waals surface area contributed by atoms with Crippen molar-refractivity contribution in [2.75, 3.05) is 7.11 Å². The van der Waals surface area contributed by atoms with Crippen LogP contribution in [-0.4, -0.2) is 18.3 Å². The van der Waals surface area contributed by atoms with Crippen LogP contribution >= 0.6 is 15.9 Å². The molecule has 0 aliphatic carbocycles. The minimum atomic E-state index is -0.265. The van der Waals surface area contributed by atoms with E-state index in [0.29, 0.717) is 6.42 Å². The van der Waals surface area contributed by atoms with Crippen LogP contribution in [0.3, 0.4) is 0 Å². The molecule has 2 nitrogen and oxygen atoms in total. The molecule has 15 heavy (non-hydrogen) atoms. The van der Waals surface area contributed by atoms with E-state index in [4.69, 9.17) is 4.74 Å². The molecule has 3 heteroatoms. The number of benzene rings is 1. The second-order valence-corrected chi connectivity index (χ2v) is 4.46. The molecule has 0 saturated carbocycles. The monoisotopic (exact) mass is 272 g/mol. The fourth-order valence-corrected chi connectivity index (χ4v) is 1.93. The van der Waals surface area contributed by atoms with E-state index in [1.54, 1.807) is 7.11 Å². The summed E-state index contributed by atoms with van der Waals surface area (Å²) in [5.41, 5.74) is 1.09. The van der Waals surface area contributed by atoms with Crippen molar-refractivity contribution in [2.24, 2.45) is 0 Å². The van der Waals surface area contributed by atoms with Gasteiger partial charge in [0.2, 0.25) is 0 Å². The van der Waals surface area contributed by atoms with Crippen molar-refractivity contribution in [3.63, 3.8) is 0 Å². The van der Waals surface area contributed by atoms with Crippen LogP contribution in [0.15, 0.2) is 22.7 Å². The van der Waals surface area contributed by atoms with Gasteiger partial charge in [0, 0.05) is 4.47 Å². The van der Waals surface area contributed by atoms with E-state index in [-0.39, 0.29) is 6.10 Å². The maximum atomic E-state index is 9.73. The fourth-order valence-electron chi connectivity index (χ4n) is 1.52. The molecule has 0 heterocycles. The standard InChI is InChI=1S/C12H17BrO2/c1-3-4-10(14)7-9-8-11(15-2)5-6-12(9)13/h5-6,8,10,14H,3-4,7H2,1-2H3. The van der Waals surface area contributed by atoms with Gasteiger partial charge < -0.3 is 9.84 Å². The minimum absolute atomic E-state index is 0.265. The number of hydrogen-bond donors (Lipinski definition) is 1. The van der Waals surface area contributed by atoms with Crippen LogP contribution in [-0.2, 0) is 6.42 Å². The van der Waals surface area contributed by atoms with Crippen LogP contribution in [0.25, 0.3) is 0 Å². The number of aliphatic hydroxyl groups excluding tert-OH is 1. The molecule has 1 rings (SSSR count). The summed E-state index contributed by atoms with van der Waals surface area (Å²) < 4.78 is 6.18. The van der Waals surface area contributed by atoms with Crippen molar-refractivity contribution in [1.29, 1.82) is 0 Å². The average molecular weight is 273 g/mol. The van der Waals surface area contributed by atoms with Gasteiger partial charge in [0.15, 0.2) is 0 Å². The fraction of sp³-hybridized carbons (Fsp3) is 0.500. The van der Waals surface area contributed by atoms with E-state index in [9.17, 15) is 5.11 Å². The number of rotatable bonds is 5. The van der Waals surface area contributed by atoms with Gasteiger partial charge in [0.05, 0.1) is 13.2 Å². The molecule has 0 aromatic heterocycles.